The van der Waals surface area contributed by atoms with Gasteiger partial charge in [-0.1, -0.05) is 30.9 Å². The zero-order valence-corrected chi connectivity index (χ0v) is 11.8. The molecule has 0 aromatic heterocycles. The van der Waals surface area contributed by atoms with Crippen LogP contribution in [0.3, 0.4) is 0 Å². The van der Waals surface area contributed by atoms with Gasteiger partial charge in [-0.2, -0.15) is 0 Å². The molecule has 0 bridgehead atoms. The summed E-state index contributed by atoms with van der Waals surface area (Å²) in [6, 6.07) is 4.16. The number of hydrogen-bond acceptors (Lipinski definition) is 4. The van der Waals surface area contributed by atoms with E-state index in [0.29, 0.717) is 0 Å². The molecule has 0 amide bonds. The van der Waals surface area contributed by atoms with Crippen LogP contribution in [0, 0.1) is 16.0 Å². The molecule has 0 aliphatic heterocycles. The van der Waals surface area contributed by atoms with E-state index < -0.39 is 4.92 Å². The third kappa shape index (κ3) is 3.70. The molecule has 0 spiro atoms. The number of nitro groups is 1. The minimum absolute atomic E-state index is 0.0222. The fourth-order valence-electron chi connectivity index (χ4n) is 2.45. The maximum absolute atomic E-state index is 12.0. The number of hydrogen-bond donors (Lipinski definition) is 0. The van der Waals surface area contributed by atoms with Gasteiger partial charge in [0.1, 0.15) is 6.61 Å². The number of nitro benzene ring substituents is 1. The van der Waals surface area contributed by atoms with Gasteiger partial charge in [-0.25, -0.2) is 0 Å². The summed E-state index contributed by atoms with van der Waals surface area (Å²) in [7, 11) is 0. The van der Waals surface area contributed by atoms with Crippen LogP contribution in [0.25, 0.3) is 0 Å². The summed E-state index contributed by atoms with van der Waals surface area (Å²) >= 11 is 5.72. The van der Waals surface area contributed by atoms with Crippen LogP contribution in [-0.2, 0) is 4.79 Å². The van der Waals surface area contributed by atoms with Crippen molar-refractivity contribution in [3.8, 4) is 5.75 Å². The Morgan fingerprint density at radius 1 is 1.35 bits per heavy atom. The minimum Gasteiger partial charge on any atom is -0.479 e. The lowest BCUT2D eigenvalue weighted by atomic mass is 9.86. The van der Waals surface area contributed by atoms with E-state index in [-0.39, 0.29) is 34.8 Å². The number of rotatable bonds is 5. The monoisotopic (exact) mass is 297 g/mol. The van der Waals surface area contributed by atoms with Gasteiger partial charge in [-0.05, 0) is 25.0 Å². The highest BCUT2D eigenvalue weighted by Gasteiger charge is 2.23. The SMILES string of the molecule is O=C(COc1ccc(Cl)cc1[N+](=O)[O-])C1CCCCC1. The Bertz CT molecular complexity index is 512. The fraction of sp³-hybridized carbons (Fsp3) is 0.500. The van der Waals surface area contributed by atoms with Gasteiger partial charge in [-0.15, -0.1) is 0 Å². The lowest BCUT2D eigenvalue weighted by Gasteiger charge is -2.20. The molecule has 1 aromatic carbocycles. The summed E-state index contributed by atoms with van der Waals surface area (Å²) < 4.78 is 5.32. The largest absolute Gasteiger partial charge is 0.479 e. The summed E-state index contributed by atoms with van der Waals surface area (Å²) in [4.78, 5) is 22.3. The molecule has 5 nitrogen and oxygen atoms in total. The van der Waals surface area contributed by atoms with Gasteiger partial charge in [0, 0.05) is 17.0 Å². The number of nitrogens with zero attached hydrogens (tertiary/aromatic N) is 1. The number of halogens is 1. The molecule has 1 aliphatic carbocycles. The highest BCUT2D eigenvalue weighted by Crippen LogP contribution is 2.30. The molecule has 108 valence electrons. The highest BCUT2D eigenvalue weighted by atomic mass is 35.5. The standard InChI is InChI=1S/C14H16ClNO4/c15-11-6-7-14(12(8-11)16(18)19)20-9-13(17)10-4-2-1-3-5-10/h6-8,10H,1-5,9H2. The average Bonchev–Trinajstić information content (AvgIpc) is 2.46. The van der Waals surface area contributed by atoms with Crippen molar-refractivity contribution < 1.29 is 14.5 Å². The molecule has 0 N–H and O–H groups in total. The van der Waals surface area contributed by atoms with E-state index in [9.17, 15) is 14.9 Å². The van der Waals surface area contributed by atoms with E-state index in [1.807, 2.05) is 0 Å². The zero-order chi connectivity index (χ0) is 14.5. The fourth-order valence-corrected chi connectivity index (χ4v) is 2.61. The third-order valence-electron chi connectivity index (χ3n) is 3.55. The topological polar surface area (TPSA) is 69.4 Å². The Morgan fingerprint density at radius 2 is 2.05 bits per heavy atom. The Morgan fingerprint density at radius 3 is 2.70 bits per heavy atom. The molecule has 1 aliphatic rings. The van der Waals surface area contributed by atoms with Crippen LogP contribution < -0.4 is 4.74 Å². The summed E-state index contributed by atoms with van der Waals surface area (Å²) in [5.74, 6) is 0.146. The van der Waals surface area contributed by atoms with Crippen molar-refractivity contribution in [3.05, 3.63) is 33.3 Å². The summed E-state index contributed by atoms with van der Waals surface area (Å²) in [6.07, 6.45) is 5.10. The number of ether oxygens (including phenoxy) is 1. The minimum atomic E-state index is -0.563. The number of benzene rings is 1. The van der Waals surface area contributed by atoms with Crippen molar-refractivity contribution in [1.29, 1.82) is 0 Å². The Labute approximate surface area is 122 Å². The maximum Gasteiger partial charge on any atom is 0.312 e. The van der Waals surface area contributed by atoms with Crippen LogP contribution in [0.2, 0.25) is 5.02 Å². The quantitative estimate of drug-likeness (QED) is 0.612. The first-order chi connectivity index (χ1) is 9.58. The zero-order valence-electron chi connectivity index (χ0n) is 11.0. The Balaban J connectivity index is 1.99. The van der Waals surface area contributed by atoms with Gasteiger partial charge in [0.2, 0.25) is 0 Å². The van der Waals surface area contributed by atoms with Gasteiger partial charge >= 0.3 is 5.69 Å². The third-order valence-corrected chi connectivity index (χ3v) is 3.78. The van der Waals surface area contributed by atoms with E-state index in [2.05, 4.69) is 0 Å². The summed E-state index contributed by atoms with van der Waals surface area (Å²) in [6.45, 7) is -0.118. The van der Waals surface area contributed by atoms with Crippen LogP contribution in [0.4, 0.5) is 5.69 Å². The Kier molecular flexibility index (Phi) is 4.95. The summed E-state index contributed by atoms with van der Waals surface area (Å²) in [5, 5.41) is 11.2. The van der Waals surface area contributed by atoms with Crippen LogP contribution in [0.5, 0.6) is 5.75 Å². The molecular formula is C14H16ClNO4. The molecule has 1 saturated carbocycles. The van der Waals surface area contributed by atoms with Crippen LogP contribution >= 0.6 is 11.6 Å². The van der Waals surface area contributed by atoms with E-state index in [1.165, 1.54) is 24.6 Å². The van der Waals surface area contributed by atoms with Gasteiger partial charge in [0.05, 0.1) is 4.92 Å². The lowest BCUT2D eigenvalue weighted by Crippen LogP contribution is -2.23. The first-order valence-electron chi connectivity index (χ1n) is 6.67. The van der Waals surface area contributed by atoms with Gasteiger partial charge in [-0.3, -0.25) is 14.9 Å². The molecule has 0 radical (unpaired) electrons. The second-order valence-corrected chi connectivity index (χ2v) is 5.40. The van der Waals surface area contributed by atoms with Crippen molar-refractivity contribution in [1.82, 2.24) is 0 Å². The normalized spacial score (nSPS) is 15.8. The molecule has 1 aromatic rings. The van der Waals surface area contributed by atoms with E-state index in [1.54, 1.807) is 0 Å². The second kappa shape index (κ2) is 6.70. The van der Waals surface area contributed by atoms with E-state index >= 15 is 0 Å². The Hall–Kier alpha value is -1.62. The highest BCUT2D eigenvalue weighted by molar-refractivity contribution is 6.30. The predicted octanol–water partition coefficient (Wildman–Crippen LogP) is 3.78. The van der Waals surface area contributed by atoms with E-state index in [0.717, 1.165) is 25.7 Å². The molecule has 0 heterocycles. The molecule has 20 heavy (non-hydrogen) atoms. The first-order valence-corrected chi connectivity index (χ1v) is 7.05. The summed E-state index contributed by atoms with van der Waals surface area (Å²) in [5.41, 5.74) is -0.214. The molecule has 0 saturated heterocycles. The maximum atomic E-state index is 12.0. The number of Topliss-reactive ketones (excluding diaryl/α,β-unsaturated/α-hetero) is 1. The van der Waals surface area contributed by atoms with Crippen molar-refractivity contribution in [3.63, 3.8) is 0 Å². The van der Waals surface area contributed by atoms with E-state index in [4.69, 9.17) is 16.3 Å². The number of carbonyl (C=O) groups is 1. The van der Waals surface area contributed by atoms with Crippen LogP contribution in [-0.4, -0.2) is 17.3 Å². The van der Waals surface area contributed by atoms with Crippen LogP contribution in [0.15, 0.2) is 18.2 Å². The van der Waals surface area contributed by atoms with Gasteiger partial charge in [0.15, 0.2) is 11.5 Å². The first kappa shape index (κ1) is 14.8. The molecule has 2 rings (SSSR count). The number of carbonyl (C=O) groups excluding carboxylic acids is 1. The average molecular weight is 298 g/mol. The van der Waals surface area contributed by atoms with Gasteiger partial charge in [0.25, 0.3) is 0 Å². The molecule has 0 atom stereocenters. The van der Waals surface area contributed by atoms with Gasteiger partial charge < -0.3 is 4.74 Å². The number of ketones is 1. The van der Waals surface area contributed by atoms with Crippen molar-refractivity contribution in [2.24, 2.45) is 5.92 Å². The molecule has 1 fully saturated rings. The van der Waals surface area contributed by atoms with Crippen molar-refractivity contribution in [2.75, 3.05) is 6.61 Å². The lowest BCUT2D eigenvalue weighted by molar-refractivity contribution is -0.385. The van der Waals surface area contributed by atoms with Crippen molar-refractivity contribution in [2.45, 2.75) is 32.1 Å². The molecule has 0 unspecified atom stereocenters. The molecular weight excluding hydrogens is 282 g/mol. The van der Waals surface area contributed by atoms with Crippen LogP contribution in [0.1, 0.15) is 32.1 Å². The predicted molar refractivity (Wildman–Crippen MR) is 75.2 cm³/mol. The smallest absolute Gasteiger partial charge is 0.312 e. The van der Waals surface area contributed by atoms with Crippen molar-refractivity contribution >= 4 is 23.1 Å². The second-order valence-electron chi connectivity index (χ2n) is 4.96. The molecule has 6 heteroatoms.